The third kappa shape index (κ3) is 3.48. The van der Waals surface area contributed by atoms with Gasteiger partial charge in [0.1, 0.15) is 18.6 Å². The highest BCUT2D eigenvalue weighted by atomic mass is 16.5. The predicted octanol–water partition coefficient (Wildman–Crippen LogP) is 3.61. The van der Waals surface area contributed by atoms with Crippen LogP contribution in [-0.2, 0) is 6.61 Å². The first-order valence-electron chi connectivity index (χ1n) is 8.79. The summed E-state index contributed by atoms with van der Waals surface area (Å²) in [6.45, 7) is 0.373. The molecule has 28 heavy (non-hydrogen) atoms. The molecule has 2 N–H and O–H groups in total. The largest absolute Gasteiger partial charge is 0.486 e. The van der Waals surface area contributed by atoms with Gasteiger partial charge in [0.2, 0.25) is 5.82 Å². The van der Waals surface area contributed by atoms with E-state index in [-0.39, 0.29) is 5.82 Å². The van der Waals surface area contributed by atoms with Gasteiger partial charge in [0.25, 0.3) is 5.91 Å². The third-order valence-electron chi connectivity index (χ3n) is 4.30. The van der Waals surface area contributed by atoms with Crippen molar-refractivity contribution in [3.8, 4) is 22.6 Å². The molecular weight excluding hydrogens is 352 g/mol. The minimum atomic E-state index is -0.656. The van der Waals surface area contributed by atoms with E-state index in [0.717, 1.165) is 16.7 Å². The predicted molar refractivity (Wildman–Crippen MR) is 106 cm³/mol. The number of para-hydroxylation sites is 1. The number of nitrogens with zero attached hydrogens (tertiary/aromatic N) is 3. The molecule has 0 fully saturated rings. The van der Waals surface area contributed by atoms with Gasteiger partial charge in [0, 0.05) is 5.56 Å². The molecule has 6 nitrogen and oxygen atoms in total. The topological polar surface area (TPSA) is 83.0 Å². The molecule has 1 heterocycles. The van der Waals surface area contributed by atoms with E-state index >= 15 is 0 Å². The summed E-state index contributed by atoms with van der Waals surface area (Å²) in [5.41, 5.74) is 8.97. The maximum Gasteiger partial charge on any atom is 0.286 e. The van der Waals surface area contributed by atoms with Crippen LogP contribution in [0.4, 0.5) is 0 Å². The molecule has 0 atom stereocenters. The first kappa shape index (κ1) is 17.5. The number of amides is 1. The number of ether oxygens (including phenoxy) is 1. The van der Waals surface area contributed by atoms with Crippen LogP contribution < -0.4 is 10.5 Å². The Labute approximate surface area is 162 Å². The molecule has 0 aliphatic heterocycles. The Balaban J connectivity index is 1.83. The van der Waals surface area contributed by atoms with E-state index in [2.05, 4.69) is 10.1 Å². The van der Waals surface area contributed by atoms with Crippen molar-refractivity contribution in [2.24, 2.45) is 5.73 Å². The van der Waals surface area contributed by atoms with Crippen molar-refractivity contribution in [1.29, 1.82) is 0 Å². The molecule has 4 rings (SSSR count). The van der Waals surface area contributed by atoms with E-state index in [1.54, 1.807) is 0 Å². The number of hydrogen-bond donors (Lipinski definition) is 1. The zero-order valence-electron chi connectivity index (χ0n) is 15.0. The van der Waals surface area contributed by atoms with Gasteiger partial charge in [-0.3, -0.25) is 4.79 Å². The summed E-state index contributed by atoms with van der Waals surface area (Å²) >= 11 is 0. The molecule has 1 amide bonds. The van der Waals surface area contributed by atoms with Crippen molar-refractivity contribution in [1.82, 2.24) is 14.8 Å². The Bertz CT molecular complexity index is 1090. The molecule has 0 bridgehead atoms. The minimum Gasteiger partial charge on any atom is -0.486 e. The summed E-state index contributed by atoms with van der Waals surface area (Å²) < 4.78 is 7.64. The Morgan fingerprint density at radius 3 is 2.36 bits per heavy atom. The number of carbonyl (C=O) groups excluding carboxylic acids is 1. The summed E-state index contributed by atoms with van der Waals surface area (Å²) in [5.74, 6) is -0.00282. The number of hydrogen-bond acceptors (Lipinski definition) is 4. The van der Waals surface area contributed by atoms with Gasteiger partial charge in [0.05, 0.1) is 0 Å². The molecular formula is C22H18N4O2. The van der Waals surface area contributed by atoms with E-state index in [4.69, 9.17) is 10.5 Å². The van der Waals surface area contributed by atoms with Crippen molar-refractivity contribution < 1.29 is 9.53 Å². The highest BCUT2D eigenvalue weighted by molar-refractivity contribution is 5.90. The Morgan fingerprint density at radius 2 is 1.64 bits per heavy atom. The maximum absolute atomic E-state index is 11.8. The van der Waals surface area contributed by atoms with Gasteiger partial charge in [-0.15, -0.1) is 0 Å². The average molecular weight is 370 g/mol. The molecule has 0 aliphatic carbocycles. The average Bonchev–Trinajstić information content (AvgIpc) is 3.23. The summed E-state index contributed by atoms with van der Waals surface area (Å²) in [4.78, 5) is 15.7. The third-order valence-corrected chi connectivity index (χ3v) is 4.30. The van der Waals surface area contributed by atoms with Crippen LogP contribution in [0.15, 0.2) is 85.2 Å². The summed E-state index contributed by atoms with van der Waals surface area (Å²) in [6, 6.07) is 25.5. The lowest BCUT2D eigenvalue weighted by Crippen LogP contribution is -2.18. The molecule has 1 aromatic heterocycles. The second-order valence-corrected chi connectivity index (χ2v) is 6.15. The summed E-state index contributed by atoms with van der Waals surface area (Å²) in [5, 5.41) is 4.18. The van der Waals surface area contributed by atoms with E-state index in [0.29, 0.717) is 18.0 Å². The van der Waals surface area contributed by atoms with Crippen LogP contribution in [0.3, 0.4) is 0 Å². The van der Waals surface area contributed by atoms with E-state index in [9.17, 15) is 4.79 Å². The molecule has 6 heteroatoms. The number of carbonyl (C=O) groups is 1. The summed E-state index contributed by atoms with van der Waals surface area (Å²) in [6.07, 6.45) is 1.30. The number of rotatable bonds is 6. The monoisotopic (exact) mass is 370 g/mol. The highest BCUT2D eigenvalue weighted by Gasteiger charge is 2.19. The second-order valence-electron chi connectivity index (χ2n) is 6.15. The fourth-order valence-corrected chi connectivity index (χ4v) is 3.00. The van der Waals surface area contributed by atoms with Gasteiger partial charge in [0.15, 0.2) is 5.75 Å². The first-order chi connectivity index (χ1) is 13.7. The fourth-order valence-electron chi connectivity index (χ4n) is 3.00. The van der Waals surface area contributed by atoms with Crippen LogP contribution in [0.25, 0.3) is 16.8 Å². The normalized spacial score (nSPS) is 10.6. The molecule has 0 aliphatic rings. The number of nitrogens with two attached hydrogens (primary N) is 1. The highest BCUT2D eigenvalue weighted by Crippen LogP contribution is 2.36. The lowest BCUT2D eigenvalue weighted by molar-refractivity contribution is 0.0988. The quantitative estimate of drug-likeness (QED) is 0.562. The van der Waals surface area contributed by atoms with Crippen LogP contribution in [0.2, 0.25) is 0 Å². The van der Waals surface area contributed by atoms with Gasteiger partial charge in [-0.05, 0) is 17.2 Å². The zero-order chi connectivity index (χ0) is 19.3. The molecule has 138 valence electrons. The number of aromatic nitrogens is 3. The van der Waals surface area contributed by atoms with Gasteiger partial charge < -0.3 is 10.5 Å². The lowest BCUT2D eigenvalue weighted by Gasteiger charge is -2.17. The van der Waals surface area contributed by atoms with E-state index < -0.39 is 5.91 Å². The van der Waals surface area contributed by atoms with Crippen molar-refractivity contribution in [2.45, 2.75) is 6.61 Å². The molecule has 0 saturated carbocycles. The maximum atomic E-state index is 11.8. The SMILES string of the molecule is NC(=O)c1ncnn1-c1cccc(-c2ccccc2)c1OCc1ccccc1. The van der Waals surface area contributed by atoms with E-state index in [1.165, 1.54) is 11.0 Å². The Morgan fingerprint density at radius 1 is 0.929 bits per heavy atom. The van der Waals surface area contributed by atoms with Gasteiger partial charge in [-0.2, -0.15) is 5.10 Å². The lowest BCUT2D eigenvalue weighted by atomic mass is 10.0. The standard InChI is InChI=1S/C22H18N4O2/c23-21(27)22-24-15-25-26(22)19-13-7-12-18(17-10-5-2-6-11-17)20(19)28-14-16-8-3-1-4-9-16/h1-13,15H,14H2,(H2,23,27). The Kier molecular flexibility index (Phi) is 4.84. The minimum absolute atomic E-state index is 0.0507. The van der Waals surface area contributed by atoms with Crippen LogP contribution in [0, 0.1) is 0 Å². The first-order valence-corrected chi connectivity index (χ1v) is 8.79. The molecule has 0 unspecified atom stereocenters. The summed E-state index contributed by atoms with van der Waals surface area (Å²) in [7, 11) is 0. The smallest absolute Gasteiger partial charge is 0.286 e. The molecule has 0 saturated heterocycles. The molecule has 0 radical (unpaired) electrons. The van der Waals surface area contributed by atoms with Crippen molar-refractivity contribution in [3.63, 3.8) is 0 Å². The van der Waals surface area contributed by atoms with Crippen LogP contribution in [0.5, 0.6) is 5.75 Å². The fraction of sp³-hybridized carbons (Fsp3) is 0.0455. The van der Waals surface area contributed by atoms with Crippen LogP contribution in [0.1, 0.15) is 16.2 Å². The number of primary amides is 1. The zero-order valence-corrected chi connectivity index (χ0v) is 15.0. The van der Waals surface area contributed by atoms with Crippen molar-refractivity contribution >= 4 is 5.91 Å². The molecule has 4 aromatic rings. The van der Waals surface area contributed by atoms with Gasteiger partial charge in [-0.25, -0.2) is 9.67 Å². The second kappa shape index (κ2) is 7.75. The van der Waals surface area contributed by atoms with Crippen LogP contribution in [-0.4, -0.2) is 20.7 Å². The van der Waals surface area contributed by atoms with Crippen molar-refractivity contribution in [3.05, 3.63) is 96.6 Å². The Hall–Kier alpha value is -3.93. The van der Waals surface area contributed by atoms with Crippen molar-refractivity contribution in [2.75, 3.05) is 0 Å². The van der Waals surface area contributed by atoms with E-state index in [1.807, 2.05) is 78.9 Å². The molecule has 0 spiro atoms. The number of benzene rings is 3. The molecule has 3 aromatic carbocycles. The van der Waals surface area contributed by atoms with Crippen LogP contribution >= 0.6 is 0 Å². The van der Waals surface area contributed by atoms with Gasteiger partial charge in [-0.1, -0.05) is 72.8 Å². The van der Waals surface area contributed by atoms with Gasteiger partial charge >= 0.3 is 0 Å².